The molecule has 1 saturated carbocycles. The molecule has 9 heteroatoms. The molecule has 3 nitrogen and oxygen atoms in total. The fourth-order valence-electron chi connectivity index (χ4n) is 3.82. The molecule has 1 unspecified atom stereocenters. The number of benzene rings is 2. The molecule has 1 aliphatic heterocycles. The van der Waals surface area contributed by atoms with Crippen molar-refractivity contribution < 1.29 is 35.9 Å². The Morgan fingerprint density at radius 2 is 1.49 bits per heavy atom. The lowest BCUT2D eigenvalue weighted by Gasteiger charge is -2.37. The predicted molar refractivity (Wildman–Crippen MR) is 122 cm³/mol. The van der Waals surface area contributed by atoms with Crippen LogP contribution in [0.25, 0.3) is 0 Å². The summed E-state index contributed by atoms with van der Waals surface area (Å²) in [7, 11) is 1.21. The number of carbonyl (C=O) groups is 1. The summed E-state index contributed by atoms with van der Waals surface area (Å²) in [5, 5.41) is 3.03. The van der Waals surface area contributed by atoms with Gasteiger partial charge in [0.1, 0.15) is 0 Å². The minimum absolute atomic E-state index is 0.0892. The Morgan fingerprint density at radius 1 is 0.943 bits per heavy atom. The van der Waals surface area contributed by atoms with Crippen molar-refractivity contribution in [2.45, 2.75) is 76.4 Å². The van der Waals surface area contributed by atoms with Gasteiger partial charge in [-0.1, -0.05) is 37.3 Å². The van der Waals surface area contributed by atoms with E-state index >= 15 is 0 Å². The van der Waals surface area contributed by atoms with Crippen molar-refractivity contribution in [2.75, 3.05) is 7.11 Å². The molecule has 1 N–H and O–H groups in total. The third-order valence-corrected chi connectivity index (χ3v) is 6.23. The van der Waals surface area contributed by atoms with Crippen LogP contribution in [-0.2, 0) is 28.3 Å². The molecule has 194 valence electrons. The highest BCUT2D eigenvalue weighted by Crippen LogP contribution is 2.39. The quantitative estimate of drug-likeness (QED) is 0.441. The van der Waals surface area contributed by atoms with Gasteiger partial charge in [-0.25, -0.2) is 0 Å². The number of amides is 1. The van der Waals surface area contributed by atoms with Gasteiger partial charge in [0.15, 0.2) is 0 Å². The van der Waals surface area contributed by atoms with Crippen molar-refractivity contribution in [3.05, 3.63) is 70.8 Å². The fraction of sp³-hybridized carbons (Fsp3) is 0.500. The summed E-state index contributed by atoms with van der Waals surface area (Å²) in [6.45, 7) is 3.53. The van der Waals surface area contributed by atoms with E-state index in [2.05, 4.69) is 36.5 Å². The van der Waals surface area contributed by atoms with E-state index in [0.29, 0.717) is 12.1 Å². The fourth-order valence-corrected chi connectivity index (χ4v) is 3.82. The minimum Gasteiger partial charge on any atom is -0.377 e. The second kappa shape index (κ2) is 11.9. The molecular weight excluding hydrogens is 472 g/mol. The summed E-state index contributed by atoms with van der Waals surface area (Å²) in [4.78, 5) is 10.7. The molecule has 0 aromatic heterocycles. The lowest BCUT2D eigenvalue weighted by molar-refractivity contribution is -0.143. The zero-order valence-corrected chi connectivity index (χ0v) is 20.0. The number of ether oxygens (including phenoxy) is 1. The first-order valence-electron chi connectivity index (χ1n) is 11.5. The molecule has 4 rings (SSSR count). The summed E-state index contributed by atoms with van der Waals surface area (Å²) >= 11 is 0. The first-order valence-corrected chi connectivity index (χ1v) is 11.5. The smallest absolute Gasteiger partial charge is 0.377 e. The number of alkyl halides is 6. The van der Waals surface area contributed by atoms with Gasteiger partial charge in [-0.2, -0.15) is 26.3 Å². The summed E-state index contributed by atoms with van der Waals surface area (Å²) in [5.74, 6) is 0.259. The van der Waals surface area contributed by atoms with Gasteiger partial charge in [-0.3, -0.25) is 4.79 Å². The van der Waals surface area contributed by atoms with Crippen LogP contribution >= 0.6 is 0 Å². The Hall–Kier alpha value is -2.55. The van der Waals surface area contributed by atoms with Gasteiger partial charge in [-0.15, -0.1) is 0 Å². The molecule has 1 saturated heterocycles. The molecule has 2 aromatic rings. The summed E-state index contributed by atoms with van der Waals surface area (Å²) < 4.78 is 79.7. The van der Waals surface area contributed by atoms with Crippen molar-refractivity contribution in [3.63, 3.8) is 0 Å². The zero-order chi connectivity index (χ0) is 26.3. The van der Waals surface area contributed by atoms with E-state index in [0.717, 1.165) is 19.3 Å². The molecule has 1 amide bonds. The Morgan fingerprint density at radius 3 is 1.77 bits per heavy atom. The van der Waals surface area contributed by atoms with Gasteiger partial charge in [0.2, 0.25) is 5.91 Å². The van der Waals surface area contributed by atoms with Crippen LogP contribution in [0.3, 0.4) is 0 Å². The molecule has 1 aliphatic carbocycles. The predicted octanol–water partition coefficient (Wildman–Crippen LogP) is 7.50. The molecular formula is C26H31F6NO2. The SMILES string of the molecule is CCc1ccccc1.COC(C)c1cc(C(F)(F)F)cc(C(F)(F)F)c1.O=C1CCC2(CCC2)N1. The van der Waals surface area contributed by atoms with Gasteiger partial charge >= 0.3 is 12.4 Å². The first-order chi connectivity index (χ1) is 16.3. The number of rotatable bonds is 3. The van der Waals surface area contributed by atoms with Crippen LogP contribution in [0.2, 0.25) is 0 Å². The van der Waals surface area contributed by atoms with Crippen LogP contribution in [0.1, 0.15) is 74.3 Å². The third-order valence-electron chi connectivity index (χ3n) is 6.23. The van der Waals surface area contributed by atoms with Gasteiger partial charge < -0.3 is 10.1 Å². The third kappa shape index (κ3) is 8.56. The number of nitrogens with one attached hydrogen (secondary N) is 1. The standard InChI is InChI=1S/C11H10F6O.C8H10.C7H11NO/c1-6(18-2)7-3-8(10(12,13)14)5-9(4-7)11(15,16)17;1-2-8-6-4-3-5-7-8;9-6-2-5-7(8-6)3-1-4-7/h3-6H,1-2H3;3-7H,2H2,1H3;1-5H2,(H,8,9). The Balaban J connectivity index is 0.000000209. The van der Waals surface area contributed by atoms with Gasteiger partial charge in [-0.05, 0) is 68.4 Å². The van der Waals surface area contributed by atoms with E-state index in [4.69, 9.17) is 4.74 Å². The lowest BCUT2D eigenvalue weighted by atomic mass is 9.76. The monoisotopic (exact) mass is 503 g/mol. The van der Waals surface area contributed by atoms with E-state index in [-0.39, 0.29) is 23.1 Å². The lowest BCUT2D eigenvalue weighted by Crippen LogP contribution is -2.47. The van der Waals surface area contributed by atoms with E-state index in [1.54, 1.807) is 0 Å². The van der Waals surface area contributed by atoms with Crippen molar-refractivity contribution >= 4 is 5.91 Å². The van der Waals surface area contributed by atoms with Crippen LogP contribution in [0.4, 0.5) is 26.3 Å². The average molecular weight is 504 g/mol. The molecule has 2 aliphatic rings. The first kappa shape index (κ1) is 28.7. The number of hydrogen-bond donors (Lipinski definition) is 1. The summed E-state index contributed by atoms with van der Waals surface area (Å²) in [6.07, 6.45) is -3.77. The number of hydrogen-bond acceptors (Lipinski definition) is 2. The van der Waals surface area contributed by atoms with E-state index in [1.807, 2.05) is 6.07 Å². The van der Waals surface area contributed by atoms with Crippen LogP contribution < -0.4 is 5.32 Å². The number of carbonyl (C=O) groups excluding carboxylic acids is 1. The summed E-state index contributed by atoms with van der Waals surface area (Å²) in [6, 6.07) is 11.9. The minimum atomic E-state index is -4.83. The van der Waals surface area contributed by atoms with Crippen molar-refractivity contribution in [3.8, 4) is 0 Å². The maximum absolute atomic E-state index is 12.5. The number of methoxy groups -OCH3 is 1. The molecule has 1 spiro atoms. The van der Waals surface area contributed by atoms with Crippen molar-refractivity contribution in [2.24, 2.45) is 0 Å². The van der Waals surface area contributed by atoms with E-state index < -0.39 is 29.6 Å². The van der Waals surface area contributed by atoms with Crippen LogP contribution in [-0.4, -0.2) is 18.6 Å². The Bertz CT molecular complexity index is 920. The highest BCUT2D eigenvalue weighted by Gasteiger charge is 2.42. The molecule has 0 bridgehead atoms. The second-order valence-electron chi connectivity index (χ2n) is 8.74. The number of halogens is 6. The molecule has 2 aromatic carbocycles. The topological polar surface area (TPSA) is 38.3 Å². The van der Waals surface area contributed by atoms with Crippen LogP contribution in [0.15, 0.2) is 48.5 Å². The summed E-state index contributed by atoms with van der Waals surface area (Å²) in [5.41, 5.74) is -1.14. The highest BCUT2D eigenvalue weighted by atomic mass is 19.4. The largest absolute Gasteiger partial charge is 0.416 e. The van der Waals surface area contributed by atoms with Crippen LogP contribution in [0.5, 0.6) is 0 Å². The Kier molecular flexibility index (Phi) is 9.77. The van der Waals surface area contributed by atoms with Crippen molar-refractivity contribution in [1.82, 2.24) is 5.32 Å². The molecule has 0 radical (unpaired) electrons. The van der Waals surface area contributed by atoms with E-state index in [9.17, 15) is 31.1 Å². The molecule has 1 heterocycles. The maximum Gasteiger partial charge on any atom is 0.416 e. The van der Waals surface area contributed by atoms with Gasteiger partial charge in [0.25, 0.3) is 0 Å². The van der Waals surface area contributed by atoms with Gasteiger partial charge in [0.05, 0.1) is 17.2 Å². The van der Waals surface area contributed by atoms with Crippen molar-refractivity contribution in [1.29, 1.82) is 0 Å². The van der Waals surface area contributed by atoms with Gasteiger partial charge in [0, 0.05) is 19.1 Å². The number of aryl methyl sites for hydroxylation is 1. The Labute approximate surface area is 201 Å². The van der Waals surface area contributed by atoms with E-state index in [1.165, 1.54) is 38.9 Å². The maximum atomic E-state index is 12.5. The zero-order valence-electron chi connectivity index (χ0n) is 20.0. The molecule has 35 heavy (non-hydrogen) atoms. The average Bonchev–Trinajstić information content (AvgIpc) is 3.21. The van der Waals surface area contributed by atoms with Crippen LogP contribution in [0, 0.1) is 0 Å². The second-order valence-corrected chi connectivity index (χ2v) is 8.74. The molecule has 2 fully saturated rings. The normalized spacial score (nSPS) is 17.3. The highest BCUT2D eigenvalue weighted by molar-refractivity contribution is 5.79. The molecule has 1 atom stereocenters.